The third kappa shape index (κ3) is 3.80. The van der Waals surface area contributed by atoms with Gasteiger partial charge in [0.1, 0.15) is 6.54 Å². The summed E-state index contributed by atoms with van der Waals surface area (Å²) in [6.45, 7) is 1.43. The van der Waals surface area contributed by atoms with E-state index in [4.69, 9.17) is 11.6 Å². The highest BCUT2D eigenvalue weighted by molar-refractivity contribution is 6.30. The van der Waals surface area contributed by atoms with E-state index in [9.17, 15) is 19.2 Å². The number of carbonyl (C=O) groups is 4. The van der Waals surface area contributed by atoms with Crippen LogP contribution >= 0.6 is 11.6 Å². The summed E-state index contributed by atoms with van der Waals surface area (Å²) in [4.78, 5) is 54.8. The molecule has 2 heterocycles. The van der Waals surface area contributed by atoms with Crippen molar-refractivity contribution < 1.29 is 19.2 Å². The van der Waals surface area contributed by atoms with Crippen molar-refractivity contribution >= 4 is 35.2 Å². The second-order valence-electron chi connectivity index (χ2n) is 7.28. The number of hydrogen-bond donors (Lipinski definition) is 0. The molecule has 4 rings (SSSR count). The van der Waals surface area contributed by atoms with E-state index < -0.39 is 11.8 Å². The molecule has 0 aromatic heterocycles. The molecular formula is C22H20ClN3O4. The molecule has 2 aliphatic heterocycles. The quantitative estimate of drug-likeness (QED) is 0.707. The third-order valence-corrected chi connectivity index (χ3v) is 5.65. The number of imide groups is 1. The number of nitrogens with zero attached hydrogens (tertiary/aromatic N) is 3. The molecule has 2 aliphatic rings. The highest BCUT2D eigenvalue weighted by Gasteiger charge is 2.37. The van der Waals surface area contributed by atoms with Crippen LogP contribution in [-0.4, -0.2) is 71.1 Å². The normalized spacial score (nSPS) is 16.5. The molecule has 0 radical (unpaired) electrons. The van der Waals surface area contributed by atoms with Crippen LogP contribution in [0, 0.1) is 0 Å². The Kier molecular flexibility index (Phi) is 5.55. The van der Waals surface area contributed by atoms with Gasteiger partial charge in [-0.05, 0) is 42.8 Å². The molecule has 30 heavy (non-hydrogen) atoms. The maximum Gasteiger partial charge on any atom is 0.262 e. The fourth-order valence-corrected chi connectivity index (χ4v) is 3.89. The van der Waals surface area contributed by atoms with Gasteiger partial charge >= 0.3 is 0 Å². The second kappa shape index (κ2) is 8.28. The van der Waals surface area contributed by atoms with Gasteiger partial charge in [0.2, 0.25) is 5.91 Å². The maximum atomic E-state index is 12.8. The van der Waals surface area contributed by atoms with Crippen LogP contribution in [0.1, 0.15) is 37.5 Å². The lowest BCUT2D eigenvalue weighted by Gasteiger charge is -2.24. The molecule has 2 aromatic carbocycles. The highest BCUT2D eigenvalue weighted by Crippen LogP contribution is 2.22. The minimum Gasteiger partial charge on any atom is -0.339 e. The average Bonchev–Trinajstić information content (AvgIpc) is 2.93. The van der Waals surface area contributed by atoms with Crippen molar-refractivity contribution in [3.63, 3.8) is 0 Å². The molecule has 0 saturated carbocycles. The lowest BCUT2D eigenvalue weighted by molar-refractivity contribution is -0.131. The Morgan fingerprint density at radius 1 is 0.800 bits per heavy atom. The summed E-state index contributed by atoms with van der Waals surface area (Å²) in [5, 5.41) is 0.562. The van der Waals surface area contributed by atoms with E-state index in [1.165, 1.54) is 0 Å². The minimum atomic E-state index is -0.446. The first-order valence-corrected chi connectivity index (χ1v) is 10.1. The molecule has 7 nitrogen and oxygen atoms in total. The first-order chi connectivity index (χ1) is 14.5. The van der Waals surface area contributed by atoms with Gasteiger partial charge in [0, 0.05) is 36.8 Å². The monoisotopic (exact) mass is 425 g/mol. The molecule has 4 amide bonds. The SMILES string of the molecule is O=C(CN1C(=O)c2ccccc2C1=O)N1CCCN(C(=O)c2ccc(Cl)cc2)CC1. The van der Waals surface area contributed by atoms with E-state index in [-0.39, 0.29) is 18.4 Å². The topological polar surface area (TPSA) is 78.0 Å². The Bertz CT molecular complexity index is 986. The van der Waals surface area contributed by atoms with E-state index >= 15 is 0 Å². The van der Waals surface area contributed by atoms with Gasteiger partial charge in [0.25, 0.3) is 17.7 Å². The van der Waals surface area contributed by atoms with Crippen molar-refractivity contribution in [1.29, 1.82) is 0 Å². The Morgan fingerprint density at radius 3 is 2.00 bits per heavy atom. The zero-order chi connectivity index (χ0) is 21.3. The predicted molar refractivity (Wildman–Crippen MR) is 110 cm³/mol. The lowest BCUT2D eigenvalue weighted by Crippen LogP contribution is -2.44. The molecule has 2 aromatic rings. The summed E-state index contributed by atoms with van der Waals surface area (Å²) in [5.74, 6) is -1.30. The van der Waals surface area contributed by atoms with Gasteiger partial charge in [-0.15, -0.1) is 0 Å². The van der Waals surface area contributed by atoms with E-state index in [0.29, 0.717) is 54.3 Å². The maximum absolute atomic E-state index is 12.8. The number of amides is 4. The average molecular weight is 426 g/mol. The van der Waals surface area contributed by atoms with Crippen LogP contribution in [-0.2, 0) is 4.79 Å². The fraction of sp³-hybridized carbons (Fsp3) is 0.273. The van der Waals surface area contributed by atoms with Gasteiger partial charge < -0.3 is 9.80 Å². The molecule has 0 N–H and O–H groups in total. The summed E-state index contributed by atoms with van der Waals surface area (Å²) >= 11 is 5.88. The largest absolute Gasteiger partial charge is 0.339 e. The number of benzene rings is 2. The lowest BCUT2D eigenvalue weighted by atomic mass is 10.1. The molecule has 0 aliphatic carbocycles. The van der Waals surface area contributed by atoms with Crippen LogP contribution in [0.15, 0.2) is 48.5 Å². The minimum absolute atomic E-state index is 0.110. The first-order valence-electron chi connectivity index (χ1n) is 9.73. The number of carbonyl (C=O) groups excluding carboxylic acids is 4. The third-order valence-electron chi connectivity index (χ3n) is 5.40. The molecule has 0 atom stereocenters. The molecule has 154 valence electrons. The standard InChI is InChI=1S/C22H20ClN3O4/c23-16-8-6-15(7-9-16)20(28)25-11-3-10-24(12-13-25)19(27)14-26-21(29)17-4-1-2-5-18(17)22(26)30/h1-2,4-9H,3,10-14H2. The number of halogens is 1. The van der Waals surface area contributed by atoms with E-state index in [1.807, 2.05) is 0 Å². The van der Waals surface area contributed by atoms with E-state index in [0.717, 1.165) is 4.90 Å². The molecule has 8 heteroatoms. The molecular weight excluding hydrogens is 406 g/mol. The Balaban J connectivity index is 1.38. The highest BCUT2D eigenvalue weighted by atomic mass is 35.5. The van der Waals surface area contributed by atoms with Gasteiger partial charge in [-0.1, -0.05) is 23.7 Å². The van der Waals surface area contributed by atoms with Crippen LogP contribution in [0.3, 0.4) is 0 Å². The van der Waals surface area contributed by atoms with E-state index in [1.54, 1.807) is 58.3 Å². The predicted octanol–water partition coefficient (Wildman–Crippen LogP) is 2.31. The zero-order valence-corrected chi connectivity index (χ0v) is 17.0. The summed E-state index contributed by atoms with van der Waals surface area (Å²) in [6.07, 6.45) is 0.618. The molecule has 1 fully saturated rings. The summed E-state index contributed by atoms with van der Waals surface area (Å²) in [5.41, 5.74) is 1.20. The van der Waals surface area contributed by atoms with Gasteiger partial charge in [0.15, 0.2) is 0 Å². The molecule has 0 spiro atoms. The van der Waals surface area contributed by atoms with E-state index in [2.05, 4.69) is 0 Å². The van der Waals surface area contributed by atoms with Crippen molar-refractivity contribution in [2.75, 3.05) is 32.7 Å². The Hall–Kier alpha value is -3.19. The van der Waals surface area contributed by atoms with Crippen molar-refractivity contribution in [3.05, 3.63) is 70.2 Å². The number of rotatable bonds is 3. The van der Waals surface area contributed by atoms with Crippen molar-refractivity contribution in [1.82, 2.24) is 14.7 Å². The summed E-state index contributed by atoms with van der Waals surface area (Å²) < 4.78 is 0. The molecule has 0 bridgehead atoms. The first kappa shape index (κ1) is 20.1. The number of fused-ring (bicyclic) bond motifs is 1. The number of hydrogen-bond acceptors (Lipinski definition) is 4. The van der Waals surface area contributed by atoms with Gasteiger partial charge in [-0.2, -0.15) is 0 Å². The van der Waals surface area contributed by atoms with Crippen molar-refractivity contribution in [3.8, 4) is 0 Å². The molecule has 1 saturated heterocycles. The summed E-state index contributed by atoms with van der Waals surface area (Å²) in [6, 6.07) is 13.3. The van der Waals surface area contributed by atoms with Crippen molar-refractivity contribution in [2.24, 2.45) is 0 Å². The van der Waals surface area contributed by atoms with Crippen LogP contribution in [0.25, 0.3) is 0 Å². The van der Waals surface area contributed by atoms with Gasteiger partial charge in [-0.25, -0.2) is 0 Å². The Labute approximate surface area is 178 Å². The van der Waals surface area contributed by atoms with Crippen LogP contribution in [0.5, 0.6) is 0 Å². The van der Waals surface area contributed by atoms with Crippen LogP contribution < -0.4 is 0 Å². The summed E-state index contributed by atoms with van der Waals surface area (Å²) in [7, 11) is 0. The van der Waals surface area contributed by atoms with Gasteiger partial charge in [-0.3, -0.25) is 24.1 Å². The zero-order valence-electron chi connectivity index (χ0n) is 16.2. The van der Waals surface area contributed by atoms with Gasteiger partial charge in [0.05, 0.1) is 11.1 Å². The second-order valence-corrected chi connectivity index (χ2v) is 7.71. The fourth-order valence-electron chi connectivity index (χ4n) is 3.76. The Morgan fingerprint density at radius 2 is 1.37 bits per heavy atom. The van der Waals surface area contributed by atoms with Crippen molar-refractivity contribution in [2.45, 2.75) is 6.42 Å². The van der Waals surface area contributed by atoms with Crippen LogP contribution in [0.4, 0.5) is 0 Å². The smallest absolute Gasteiger partial charge is 0.262 e. The molecule has 0 unspecified atom stereocenters. The van der Waals surface area contributed by atoms with Crippen LogP contribution in [0.2, 0.25) is 5.02 Å².